The first-order valence-corrected chi connectivity index (χ1v) is 11.0. The van der Waals surface area contributed by atoms with Crippen molar-refractivity contribution in [1.82, 2.24) is 9.91 Å². The van der Waals surface area contributed by atoms with Gasteiger partial charge in [-0.05, 0) is 47.5 Å². The molecule has 8 heteroatoms. The average molecular weight is 480 g/mol. The van der Waals surface area contributed by atoms with Crippen LogP contribution < -0.4 is 4.74 Å². The first-order chi connectivity index (χ1) is 16.4. The van der Waals surface area contributed by atoms with Crippen LogP contribution in [0.5, 0.6) is 5.75 Å². The molecular weight excluding hydrogens is 457 g/mol. The Kier molecular flexibility index (Phi) is 6.93. The maximum atomic E-state index is 13.4. The van der Waals surface area contributed by atoms with Crippen molar-refractivity contribution < 1.29 is 18.7 Å². The monoisotopic (exact) mass is 479 g/mol. The molecule has 0 aliphatic carbocycles. The van der Waals surface area contributed by atoms with Gasteiger partial charge in [-0.3, -0.25) is 9.59 Å². The van der Waals surface area contributed by atoms with E-state index in [1.165, 1.54) is 22.0 Å². The minimum Gasteiger partial charge on any atom is -0.497 e. The van der Waals surface area contributed by atoms with Gasteiger partial charge in [0.05, 0.1) is 29.4 Å². The van der Waals surface area contributed by atoms with Crippen molar-refractivity contribution in [3.8, 4) is 5.75 Å². The van der Waals surface area contributed by atoms with Crippen molar-refractivity contribution >= 4 is 29.1 Å². The summed E-state index contributed by atoms with van der Waals surface area (Å²) < 4.78 is 18.7. The molecule has 1 aliphatic rings. The fraction of sp³-hybridized carbons (Fsp3) is 0.192. The van der Waals surface area contributed by atoms with Crippen LogP contribution in [0.25, 0.3) is 0 Å². The first-order valence-electron chi connectivity index (χ1n) is 10.7. The van der Waals surface area contributed by atoms with Gasteiger partial charge in [0.2, 0.25) is 0 Å². The number of hydrogen-bond acceptors (Lipinski definition) is 4. The zero-order valence-corrected chi connectivity index (χ0v) is 19.5. The first kappa shape index (κ1) is 23.4. The van der Waals surface area contributed by atoms with Crippen molar-refractivity contribution in [2.24, 2.45) is 5.10 Å². The smallest absolute Gasteiger partial charge is 0.262 e. The van der Waals surface area contributed by atoms with Gasteiger partial charge in [-0.25, -0.2) is 9.40 Å². The van der Waals surface area contributed by atoms with Crippen molar-refractivity contribution in [1.29, 1.82) is 0 Å². The maximum Gasteiger partial charge on any atom is 0.262 e. The van der Waals surface area contributed by atoms with Crippen molar-refractivity contribution in [3.05, 3.63) is 100 Å². The third kappa shape index (κ3) is 4.94. The van der Waals surface area contributed by atoms with E-state index in [1.54, 1.807) is 50.6 Å². The number of halogens is 2. The van der Waals surface area contributed by atoms with Gasteiger partial charge < -0.3 is 9.64 Å². The highest BCUT2D eigenvalue weighted by molar-refractivity contribution is 6.33. The molecule has 0 spiro atoms. The molecule has 0 saturated heterocycles. The fourth-order valence-corrected chi connectivity index (χ4v) is 4.05. The minimum atomic E-state index is -0.373. The van der Waals surface area contributed by atoms with Gasteiger partial charge in [-0.1, -0.05) is 48.0 Å². The van der Waals surface area contributed by atoms with E-state index in [0.29, 0.717) is 28.5 Å². The lowest BCUT2D eigenvalue weighted by Crippen LogP contribution is -2.39. The van der Waals surface area contributed by atoms with Gasteiger partial charge in [-0.15, -0.1) is 0 Å². The molecule has 4 rings (SSSR count). The molecule has 0 radical (unpaired) electrons. The van der Waals surface area contributed by atoms with E-state index in [2.05, 4.69) is 5.10 Å². The molecule has 34 heavy (non-hydrogen) atoms. The zero-order chi connectivity index (χ0) is 24.2. The third-order valence-electron chi connectivity index (χ3n) is 5.67. The zero-order valence-electron chi connectivity index (χ0n) is 18.7. The molecule has 2 amide bonds. The number of ether oxygens (including phenoxy) is 1. The van der Waals surface area contributed by atoms with Crippen molar-refractivity contribution in [2.75, 3.05) is 20.7 Å². The van der Waals surface area contributed by atoms with Gasteiger partial charge in [-0.2, -0.15) is 5.10 Å². The van der Waals surface area contributed by atoms with Gasteiger partial charge in [0, 0.05) is 13.5 Å². The molecule has 3 aromatic rings. The third-order valence-corrected chi connectivity index (χ3v) is 6.00. The summed E-state index contributed by atoms with van der Waals surface area (Å²) in [4.78, 5) is 27.5. The summed E-state index contributed by atoms with van der Waals surface area (Å²) in [7, 11) is 3.13. The highest BCUT2D eigenvalue weighted by atomic mass is 35.5. The number of rotatable bonds is 6. The Balaban J connectivity index is 1.60. The van der Waals surface area contributed by atoms with Crippen LogP contribution in [0.4, 0.5) is 4.39 Å². The Hall–Kier alpha value is -3.71. The van der Waals surface area contributed by atoms with E-state index in [9.17, 15) is 14.0 Å². The second-order valence-corrected chi connectivity index (χ2v) is 8.33. The Labute approximate surface area is 202 Å². The molecule has 6 nitrogen and oxygen atoms in total. The Morgan fingerprint density at radius 1 is 1.09 bits per heavy atom. The molecule has 0 bridgehead atoms. The summed E-state index contributed by atoms with van der Waals surface area (Å²) in [6.45, 7) is -0.184. The van der Waals surface area contributed by atoms with Crippen molar-refractivity contribution in [2.45, 2.75) is 12.5 Å². The lowest BCUT2D eigenvalue weighted by atomic mass is 9.98. The fourth-order valence-electron chi connectivity index (χ4n) is 3.83. The topological polar surface area (TPSA) is 62.2 Å². The summed E-state index contributed by atoms with van der Waals surface area (Å²) in [5.74, 6) is -0.353. The second kappa shape index (κ2) is 10.1. The van der Waals surface area contributed by atoms with Gasteiger partial charge in [0.1, 0.15) is 18.1 Å². The van der Waals surface area contributed by atoms with Crippen LogP contribution in [0.3, 0.4) is 0 Å². The number of carbonyl (C=O) groups excluding carboxylic acids is 2. The molecule has 174 valence electrons. The molecule has 0 fully saturated rings. The largest absolute Gasteiger partial charge is 0.497 e. The van der Waals surface area contributed by atoms with Gasteiger partial charge in [0.15, 0.2) is 0 Å². The molecule has 0 N–H and O–H groups in total. The van der Waals surface area contributed by atoms with Gasteiger partial charge in [0.25, 0.3) is 11.8 Å². The molecule has 1 atom stereocenters. The number of hydrogen-bond donors (Lipinski definition) is 0. The summed E-state index contributed by atoms with van der Waals surface area (Å²) in [5.41, 5.74) is 2.59. The lowest BCUT2D eigenvalue weighted by molar-refractivity contribution is -0.133. The molecule has 1 heterocycles. The number of amides is 2. The number of nitrogens with zero attached hydrogens (tertiary/aromatic N) is 3. The lowest BCUT2D eigenvalue weighted by Gasteiger charge is -2.25. The van der Waals surface area contributed by atoms with E-state index in [0.717, 1.165) is 11.1 Å². The number of hydrazone groups is 1. The van der Waals surface area contributed by atoms with E-state index < -0.39 is 0 Å². The van der Waals surface area contributed by atoms with Crippen LogP contribution in [-0.2, 0) is 4.79 Å². The standard InChI is InChI=1S/C26H23ClFN3O3/c1-30(26(33)21-5-3-4-6-22(21)27)16-25(32)31-24(18-9-13-20(34-2)14-10-18)15-23(29-31)17-7-11-19(28)12-8-17/h3-14,24H,15-16H2,1-2H3/t24-/m1/s1. The predicted molar refractivity (Wildman–Crippen MR) is 129 cm³/mol. The highest BCUT2D eigenvalue weighted by Crippen LogP contribution is 2.34. The Morgan fingerprint density at radius 3 is 2.41 bits per heavy atom. The average Bonchev–Trinajstić information content (AvgIpc) is 3.30. The van der Waals surface area contributed by atoms with E-state index in [1.807, 2.05) is 24.3 Å². The summed E-state index contributed by atoms with van der Waals surface area (Å²) in [5, 5.41) is 6.29. The van der Waals surface area contributed by atoms with Crippen LogP contribution in [0, 0.1) is 5.82 Å². The summed E-state index contributed by atoms with van der Waals surface area (Å²) in [6, 6.07) is 19.7. The summed E-state index contributed by atoms with van der Waals surface area (Å²) in [6.07, 6.45) is 0.450. The van der Waals surface area contributed by atoms with E-state index in [4.69, 9.17) is 16.3 Å². The van der Waals surface area contributed by atoms with Crippen LogP contribution in [0.15, 0.2) is 77.9 Å². The maximum absolute atomic E-state index is 13.4. The van der Waals surface area contributed by atoms with Crippen LogP contribution in [0.2, 0.25) is 5.02 Å². The molecular formula is C26H23ClFN3O3. The highest BCUT2D eigenvalue weighted by Gasteiger charge is 2.34. The number of carbonyl (C=O) groups is 2. The number of likely N-dealkylation sites (N-methyl/N-ethyl adjacent to an activating group) is 1. The normalized spacial score (nSPS) is 15.1. The molecule has 0 saturated carbocycles. The quantitative estimate of drug-likeness (QED) is 0.503. The number of methoxy groups -OCH3 is 1. The summed E-state index contributed by atoms with van der Waals surface area (Å²) >= 11 is 6.15. The second-order valence-electron chi connectivity index (χ2n) is 7.93. The Morgan fingerprint density at radius 2 is 1.76 bits per heavy atom. The van der Waals surface area contributed by atoms with Crippen LogP contribution in [0.1, 0.15) is 33.9 Å². The predicted octanol–water partition coefficient (Wildman–Crippen LogP) is 4.94. The molecule has 0 aromatic heterocycles. The molecule has 1 aliphatic heterocycles. The van der Waals surface area contributed by atoms with Crippen LogP contribution in [-0.4, -0.2) is 48.1 Å². The van der Waals surface area contributed by atoms with E-state index >= 15 is 0 Å². The molecule has 0 unspecified atom stereocenters. The SMILES string of the molecule is COc1ccc([C@H]2CC(c3ccc(F)cc3)=NN2C(=O)CN(C)C(=O)c2ccccc2Cl)cc1. The minimum absolute atomic E-state index is 0.184. The molecule has 3 aromatic carbocycles. The van der Waals surface area contributed by atoms with Gasteiger partial charge >= 0.3 is 0 Å². The van der Waals surface area contributed by atoms with E-state index in [-0.39, 0.29) is 30.2 Å². The Bertz CT molecular complexity index is 1230. The van der Waals surface area contributed by atoms with Crippen molar-refractivity contribution in [3.63, 3.8) is 0 Å². The van der Waals surface area contributed by atoms with Crippen LogP contribution >= 0.6 is 11.6 Å². The number of benzene rings is 3.